The molecule has 192 valence electrons. The van der Waals surface area contributed by atoms with Gasteiger partial charge in [0.25, 0.3) is 5.78 Å². The van der Waals surface area contributed by atoms with Gasteiger partial charge < -0.3 is 14.2 Å². The minimum Gasteiger partial charge on any atom is -0.460 e. The van der Waals surface area contributed by atoms with E-state index in [1.807, 2.05) is 20.8 Å². The summed E-state index contributed by atoms with van der Waals surface area (Å²) in [5.74, 6) is -2.26. The lowest BCUT2D eigenvalue weighted by Crippen LogP contribution is -2.78. The first-order valence-electron chi connectivity index (χ1n) is 12.8. The normalized spacial score (nSPS) is 47.9. The van der Waals surface area contributed by atoms with Crippen LogP contribution in [-0.2, 0) is 28.6 Å². The van der Waals surface area contributed by atoms with E-state index in [2.05, 4.69) is 0 Å². The number of fused-ring (bicyclic) bond motifs is 3. The second-order valence-corrected chi connectivity index (χ2v) is 11.9. The third-order valence-electron chi connectivity index (χ3n) is 9.88. The first kappa shape index (κ1) is 25.1. The van der Waals surface area contributed by atoms with Crippen molar-refractivity contribution in [1.29, 1.82) is 0 Å². The molecule has 4 fully saturated rings. The molecule has 6 nitrogen and oxygen atoms in total. The van der Waals surface area contributed by atoms with E-state index in [0.717, 1.165) is 12.0 Å². The molecule has 4 aliphatic carbocycles. The molecule has 8 heteroatoms. The summed E-state index contributed by atoms with van der Waals surface area (Å²) in [5, 5.41) is 0. The summed E-state index contributed by atoms with van der Waals surface area (Å²) in [4.78, 5) is 37.3. The Balaban J connectivity index is 1.60. The smallest absolute Gasteiger partial charge is 0.377 e. The highest BCUT2D eigenvalue weighted by Gasteiger charge is 2.83. The van der Waals surface area contributed by atoms with E-state index in [1.54, 1.807) is 19.1 Å². The van der Waals surface area contributed by atoms with E-state index < -0.39 is 57.0 Å². The lowest BCUT2D eigenvalue weighted by Gasteiger charge is -2.69. The van der Waals surface area contributed by atoms with Gasteiger partial charge in [0.15, 0.2) is 12.1 Å². The van der Waals surface area contributed by atoms with Crippen molar-refractivity contribution in [2.24, 2.45) is 16.7 Å². The van der Waals surface area contributed by atoms with Crippen molar-refractivity contribution in [3.8, 4) is 0 Å². The molecule has 0 radical (unpaired) electrons. The Morgan fingerprint density at radius 1 is 1.26 bits per heavy atom. The molecule has 0 aromatic carbocycles. The number of rotatable bonds is 5. The van der Waals surface area contributed by atoms with Gasteiger partial charge in [0, 0.05) is 16.7 Å². The molecule has 1 heterocycles. The van der Waals surface area contributed by atoms with Crippen LogP contribution in [0.3, 0.4) is 0 Å². The number of hydrogen-bond donors (Lipinski definition) is 0. The van der Waals surface area contributed by atoms with E-state index in [-0.39, 0.29) is 25.2 Å². The van der Waals surface area contributed by atoms with Gasteiger partial charge in [-0.05, 0) is 57.6 Å². The second kappa shape index (κ2) is 7.96. The van der Waals surface area contributed by atoms with E-state index in [4.69, 9.17) is 25.8 Å². The third-order valence-corrected chi connectivity index (χ3v) is 10.8. The summed E-state index contributed by atoms with van der Waals surface area (Å²) in [5.41, 5.74) is -3.65. The Hall–Kier alpha value is -1.57. The largest absolute Gasteiger partial charge is 0.460 e. The van der Waals surface area contributed by atoms with Gasteiger partial charge in [0.1, 0.15) is 11.8 Å². The Kier molecular flexibility index (Phi) is 5.71. The van der Waals surface area contributed by atoms with Crippen LogP contribution in [0.4, 0.5) is 4.39 Å². The average molecular weight is 509 g/mol. The number of esters is 1. The predicted molar refractivity (Wildman–Crippen MR) is 126 cm³/mol. The highest BCUT2D eigenvalue weighted by Crippen LogP contribution is 2.75. The van der Waals surface area contributed by atoms with Crippen molar-refractivity contribution in [1.82, 2.24) is 0 Å². The van der Waals surface area contributed by atoms with Crippen molar-refractivity contribution in [3.05, 3.63) is 23.8 Å². The Bertz CT molecular complexity index is 1040. The fourth-order valence-corrected chi connectivity index (χ4v) is 8.65. The first-order chi connectivity index (χ1) is 16.4. The maximum absolute atomic E-state index is 16.6. The highest BCUT2D eigenvalue weighted by atomic mass is 35.5. The van der Waals surface area contributed by atoms with E-state index >= 15 is 4.39 Å². The fourth-order valence-electron chi connectivity index (χ4n) is 8.10. The molecule has 2 bridgehead atoms. The number of allylic oxidation sites excluding steroid dienone is 4. The molecule has 1 unspecified atom stereocenters. The number of Topliss-reactive ketones (excluding diaryl/α,β-unsaturated/α-hetero) is 1. The number of carbonyl (C=O) groups is 3. The summed E-state index contributed by atoms with van der Waals surface area (Å²) in [6.45, 7) is 7.55. The summed E-state index contributed by atoms with van der Waals surface area (Å²) in [6, 6.07) is 0. The summed E-state index contributed by atoms with van der Waals surface area (Å²) in [7, 11) is 0. The molecule has 5 aliphatic rings. The molecule has 0 amide bonds. The van der Waals surface area contributed by atoms with Crippen LogP contribution in [0.15, 0.2) is 23.8 Å². The number of carbonyl (C=O) groups excluding carboxylic acids is 3. The van der Waals surface area contributed by atoms with Gasteiger partial charge in [0.2, 0.25) is 0 Å². The van der Waals surface area contributed by atoms with Gasteiger partial charge in [-0.3, -0.25) is 9.59 Å². The van der Waals surface area contributed by atoms with E-state index in [9.17, 15) is 14.4 Å². The molecule has 35 heavy (non-hydrogen) atoms. The predicted octanol–water partition coefficient (Wildman–Crippen LogP) is 4.77. The van der Waals surface area contributed by atoms with Crippen LogP contribution in [0.5, 0.6) is 0 Å². The Morgan fingerprint density at radius 3 is 2.71 bits per heavy atom. The topological polar surface area (TPSA) is 78.9 Å². The fraction of sp³-hybridized carbons (Fsp3) is 0.741. The molecule has 8 atom stereocenters. The Labute approximate surface area is 210 Å². The van der Waals surface area contributed by atoms with Crippen molar-refractivity contribution in [2.45, 2.75) is 101 Å². The van der Waals surface area contributed by atoms with Crippen molar-refractivity contribution >= 4 is 29.1 Å². The van der Waals surface area contributed by atoms with Gasteiger partial charge in [-0.1, -0.05) is 38.8 Å². The second-order valence-electron chi connectivity index (χ2n) is 11.3. The molecule has 1 saturated heterocycles. The summed E-state index contributed by atoms with van der Waals surface area (Å²) in [6.07, 6.45) is 5.63. The van der Waals surface area contributed by atoms with Gasteiger partial charge >= 0.3 is 5.97 Å². The van der Waals surface area contributed by atoms with Crippen LogP contribution < -0.4 is 0 Å². The van der Waals surface area contributed by atoms with Gasteiger partial charge in [-0.15, -0.1) is 11.6 Å². The third kappa shape index (κ3) is 2.92. The molecule has 0 aromatic rings. The lowest BCUT2D eigenvalue weighted by molar-refractivity contribution is -0.365. The van der Waals surface area contributed by atoms with Crippen LogP contribution in [0.1, 0.15) is 72.6 Å². The molecule has 0 spiro atoms. The summed E-state index contributed by atoms with van der Waals surface area (Å²) < 4.78 is 34.6. The molecule has 0 N–H and O–H groups in total. The van der Waals surface area contributed by atoms with E-state index in [0.29, 0.717) is 25.7 Å². The number of ketones is 2. The number of alkyl halides is 2. The molecular weight excluding hydrogens is 475 g/mol. The molecule has 1 aliphatic heterocycles. The summed E-state index contributed by atoms with van der Waals surface area (Å²) >= 11 is 7.40. The zero-order valence-electron chi connectivity index (χ0n) is 20.8. The number of unbranched alkanes of at least 4 members (excludes halogenated alkanes) is 1. The number of halogens is 2. The molecule has 0 aromatic heterocycles. The van der Waals surface area contributed by atoms with Crippen LogP contribution in [0, 0.1) is 16.7 Å². The van der Waals surface area contributed by atoms with Gasteiger partial charge in [-0.25, -0.2) is 9.18 Å². The number of hydrogen-bond acceptors (Lipinski definition) is 6. The molecule has 5 rings (SSSR count). The zero-order valence-corrected chi connectivity index (χ0v) is 21.6. The zero-order chi connectivity index (χ0) is 25.4. The average Bonchev–Trinajstić information content (AvgIpc) is 2.92. The SMILES string of the molecule is CCCCOC(=O)C(=O)[C@@]12CC[C@@]3(OC(C)O1)[C@@H]1CCC4=CC(=O)C=C[C@]4(C)[C@@]1(Cl)[C@@H](F)C[C@]23C. The molecular formula is C27H34ClFO6. The maximum atomic E-state index is 16.6. The van der Waals surface area contributed by atoms with Crippen LogP contribution in [0.25, 0.3) is 0 Å². The van der Waals surface area contributed by atoms with Crippen molar-refractivity contribution < 1.29 is 33.0 Å². The van der Waals surface area contributed by atoms with Crippen LogP contribution in [-0.4, -0.2) is 52.7 Å². The van der Waals surface area contributed by atoms with E-state index in [1.165, 1.54) is 6.08 Å². The van der Waals surface area contributed by atoms with Crippen molar-refractivity contribution in [2.75, 3.05) is 6.61 Å². The lowest BCUT2D eigenvalue weighted by atomic mass is 9.44. The standard InChI is InChI=1S/C27H34ClFO6/c1-5-6-13-33-22(32)21(31)26-12-11-25(34-16(2)35-26)19-8-7-17-14-18(30)9-10-23(17,3)27(19,28)20(29)15-24(25,26)4/h9-10,14,16,19-20H,5-8,11-13,15H2,1-4H3/t16?,19-,20-,23-,24-,25+,26+,27-/m0/s1. The van der Waals surface area contributed by atoms with Gasteiger partial charge in [0.05, 0.1) is 17.1 Å². The van der Waals surface area contributed by atoms with Crippen LogP contribution >= 0.6 is 11.6 Å². The maximum Gasteiger partial charge on any atom is 0.377 e. The molecule has 3 saturated carbocycles. The Morgan fingerprint density at radius 2 is 2.00 bits per heavy atom. The van der Waals surface area contributed by atoms with Crippen LogP contribution in [0.2, 0.25) is 0 Å². The first-order valence-corrected chi connectivity index (χ1v) is 13.1. The van der Waals surface area contributed by atoms with Crippen molar-refractivity contribution in [3.63, 3.8) is 0 Å². The highest BCUT2D eigenvalue weighted by molar-refractivity contribution is 6.37. The number of ether oxygens (including phenoxy) is 3. The van der Waals surface area contributed by atoms with Gasteiger partial charge in [-0.2, -0.15) is 0 Å². The monoisotopic (exact) mass is 508 g/mol. The minimum atomic E-state index is -1.54. The quantitative estimate of drug-likeness (QED) is 0.230. The minimum absolute atomic E-state index is 0.0989.